The molecule has 100 valence electrons. The first-order valence-corrected chi connectivity index (χ1v) is 6.18. The van der Waals surface area contributed by atoms with Gasteiger partial charge in [-0.05, 0) is 25.1 Å². The summed E-state index contributed by atoms with van der Waals surface area (Å²) in [5, 5.41) is 9.85. The molecule has 4 nitrogen and oxygen atoms in total. The Morgan fingerprint density at radius 3 is 2.53 bits per heavy atom. The molecule has 0 saturated heterocycles. The van der Waals surface area contributed by atoms with E-state index >= 15 is 0 Å². The number of rotatable bonds is 3. The monoisotopic (exact) mass is 258 g/mol. The Morgan fingerprint density at radius 2 is 1.95 bits per heavy atom. The Balaban J connectivity index is 2.25. The zero-order chi connectivity index (χ0) is 14.0. The van der Waals surface area contributed by atoms with Crippen molar-refractivity contribution < 1.29 is 9.90 Å². The highest BCUT2D eigenvalue weighted by molar-refractivity contribution is 5.92. The lowest BCUT2D eigenvalue weighted by Crippen LogP contribution is -2.30. The van der Waals surface area contributed by atoms with E-state index < -0.39 is 0 Å². The molecule has 0 aliphatic carbocycles. The summed E-state index contributed by atoms with van der Waals surface area (Å²) in [6, 6.07) is 10.5. The molecule has 19 heavy (non-hydrogen) atoms. The Morgan fingerprint density at radius 1 is 1.26 bits per heavy atom. The van der Waals surface area contributed by atoms with Crippen molar-refractivity contribution in [3.8, 4) is 5.75 Å². The van der Waals surface area contributed by atoms with Crippen LogP contribution in [0.4, 0.5) is 0 Å². The molecule has 1 unspecified atom stereocenters. The minimum atomic E-state index is -0.191. The number of phenols is 1. The summed E-state index contributed by atoms with van der Waals surface area (Å²) in [7, 11) is 3.58. The molecule has 0 saturated carbocycles. The van der Waals surface area contributed by atoms with Crippen molar-refractivity contribution in [2.24, 2.45) is 7.05 Å². The third-order valence-corrected chi connectivity index (χ3v) is 3.45. The maximum absolute atomic E-state index is 12.4. The van der Waals surface area contributed by atoms with Crippen LogP contribution in [0.2, 0.25) is 0 Å². The molecule has 0 aliphatic rings. The highest BCUT2D eigenvalue weighted by atomic mass is 16.3. The summed E-state index contributed by atoms with van der Waals surface area (Å²) in [6.07, 6.45) is 1.84. The van der Waals surface area contributed by atoms with E-state index in [0.717, 1.165) is 5.56 Å². The molecule has 1 heterocycles. The number of nitrogens with zero attached hydrogens (tertiary/aromatic N) is 2. The Hall–Kier alpha value is -2.23. The SMILES string of the molecule is CC(c1ccccc1O)N(C)C(=O)c1cccn1C. The van der Waals surface area contributed by atoms with Gasteiger partial charge in [0.05, 0.1) is 6.04 Å². The van der Waals surface area contributed by atoms with Crippen LogP contribution in [0.3, 0.4) is 0 Å². The number of aromatic hydroxyl groups is 1. The quantitative estimate of drug-likeness (QED) is 0.919. The normalized spacial score (nSPS) is 12.2. The minimum Gasteiger partial charge on any atom is -0.508 e. The van der Waals surface area contributed by atoms with Gasteiger partial charge in [0.2, 0.25) is 0 Å². The maximum atomic E-state index is 12.4. The summed E-state index contributed by atoms with van der Waals surface area (Å²) in [4.78, 5) is 14.0. The summed E-state index contributed by atoms with van der Waals surface area (Å²) in [5.74, 6) is 0.143. The molecule has 0 radical (unpaired) electrons. The topological polar surface area (TPSA) is 45.5 Å². The smallest absolute Gasteiger partial charge is 0.270 e. The van der Waals surface area contributed by atoms with E-state index in [-0.39, 0.29) is 17.7 Å². The molecule has 0 aliphatic heterocycles. The second-order valence-corrected chi connectivity index (χ2v) is 4.66. The van der Waals surface area contributed by atoms with Gasteiger partial charge in [0.1, 0.15) is 11.4 Å². The number of para-hydroxylation sites is 1. The van der Waals surface area contributed by atoms with Gasteiger partial charge in [0.15, 0.2) is 0 Å². The van der Waals surface area contributed by atoms with E-state index in [1.807, 2.05) is 38.4 Å². The standard InChI is InChI=1S/C15H18N2O2/c1-11(12-7-4-5-9-14(12)18)17(3)15(19)13-8-6-10-16(13)2/h4-11,18H,1-3H3. The predicted molar refractivity (Wildman–Crippen MR) is 74.0 cm³/mol. The number of hydrogen-bond acceptors (Lipinski definition) is 2. The lowest BCUT2D eigenvalue weighted by molar-refractivity contribution is 0.0731. The van der Waals surface area contributed by atoms with Crippen LogP contribution in [-0.2, 0) is 7.05 Å². The predicted octanol–water partition coefficient (Wildman–Crippen LogP) is 2.56. The zero-order valence-electron chi connectivity index (χ0n) is 11.4. The van der Waals surface area contributed by atoms with Gasteiger partial charge in [-0.2, -0.15) is 0 Å². The van der Waals surface area contributed by atoms with Crippen LogP contribution in [0.15, 0.2) is 42.6 Å². The van der Waals surface area contributed by atoms with E-state index in [4.69, 9.17) is 0 Å². The Labute approximate surface area is 112 Å². The van der Waals surface area contributed by atoms with Gasteiger partial charge in [-0.25, -0.2) is 0 Å². The summed E-state index contributed by atoms with van der Waals surface area (Å²) < 4.78 is 1.79. The van der Waals surface area contributed by atoms with Crippen molar-refractivity contribution in [1.82, 2.24) is 9.47 Å². The number of amides is 1. The van der Waals surface area contributed by atoms with Crippen molar-refractivity contribution in [3.05, 3.63) is 53.9 Å². The molecule has 0 bridgehead atoms. The van der Waals surface area contributed by atoms with E-state index in [0.29, 0.717) is 5.69 Å². The van der Waals surface area contributed by atoms with Gasteiger partial charge < -0.3 is 14.6 Å². The largest absolute Gasteiger partial charge is 0.508 e. The van der Waals surface area contributed by atoms with Crippen molar-refractivity contribution in [1.29, 1.82) is 0 Å². The van der Waals surface area contributed by atoms with E-state index in [1.54, 1.807) is 34.7 Å². The van der Waals surface area contributed by atoms with Crippen molar-refractivity contribution in [2.75, 3.05) is 7.05 Å². The van der Waals surface area contributed by atoms with Crippen LogP contribution >= 0.6 is 0 Å². The third kappa shape index (κ3) is 2.47. The maximum Gasteiger partial charge on any atom is 0.270 e. The second-order valence-electron chi connectivity index (χ2n) is 4.66. The summed E-state index contributed by atoms with van der Waals surface area (Å²) in [6.45, 7) is 1.90. The lowest BCUT2D eigenvalue weighted by Gasteiger charge is -2.26. The molecule has 0 fully saturated rings. The van der Waals surface area contributed by atoms with Gasteiger partial charge in [-0.15, -0.1) is 0 Å². The molecular weight excluding hydrogens is 240 g/mol. The molecule has 4 heteroatoms. The Bertz CT molecular complexity index is 589. The first kappa shape index (κ1) is 13.2. The number of benzene rings is 1. The van der Waals surface area contributed by atoms with Gasteiger partial charge in [-0.3, -0.25) is 4.79 Å². The van der Waals surface area contributed by atoms with E-state index in [9.17, 15) is 9.90 Å². The zero-order valence-corrected chi connectivity index (χ0v) is 11.4. The number of phenolic OH excluding ortho intramolecular Hbond substituents is 1. The van der Waals surface area contributed by atoms with Crippen molar-refractivity contribution >= 4 is 5.91 Å². The van der Waals surface area contributed by atoms with Gasteiger partial charge in [-0.1, -0.05) is 18.2 Å². The van der Waals surface area contributed by atoms with Gasteiger partial charge in [0.25, 0.3) is 5.91 Å². The average Bonchev–Trinajstić information content (AvgIpc) is 2.83. The third-order valence-electron chi connectivity index (χ3n) is 3.45. The fourth-order valence-corrected chi connectivity index (χ4v) is 2.09. The van der Waals surface area contributed by atoms with Crippen LogP contribution in [0.1, 0.15) is 29.0 Å². The molecule has 2 rings (SSSR count). The van der Waals surface area contributed by atoms with Crippen LogP contribution in [0, 0.1) is 0 Å². The van der Waals surface area contributed by atoms with E-state index in [2.05, 4.69) is 0 Å². The van der Waals surface area contributed by atoms with Crippen LogP contribution < -0.4 is 0 Å². The van der Waals surface area contributed by atoms with Crippen molar-refractivity contribution in [2.45, 2.75) is 13.0 Å². The minimum absolute atomic E-state index is 0.0664. The number of carbonyl (C=O) groups excluding carboxylic acids is 1. The molecular formula is C15H18N2O2. The summed E-state index contributed by atoms with van der Waals surface area (Å²) >= 11 is 0. The highest BCUT2D eigenvalue weighted by Gasteiger charge is 2.22. The highest BCUT2D eigenvalue weighted by Crippen LogP contribution is 2.27. The summed E-state index contributed by atoms with van der Waals surface area (Å²) in [5.41, 5.74) is 1.37. The van der Waals surface area contributed by atoms with Gasteiger partial charge >= 0.3 is 0 Å². The Kier molecular flexibility index (Phi) is 3.60. The molecule has 1 amide bonds. The number of aromatic nitrogens is 1. The van der Waals surface area contributed by atoms with E-state index in [1.165, 1.54) is 0 Å². The lowest BCUT2D eigenvalue weighted by atomic mass is 10.1. The van der Waals surface area contributed by atoms with Crippen LogP contribution in [0.25, 0.3) is 0 Å². The first-order chi connectivity index (χ1) is 9.02. The fraction of sp³-hybridized carbons (Fsp3) is 0.267. The number of carbonyl (C=O) groups is 1. The van der Waals surface area contributed by atoms with Crippen LogP contribution in [-0.4, -0.2) is 27.5 Å². The van der Waals surface area contributed by atoms with Crippen molar-refractivity contribution in [3.63, 3.8) is 0 Å². The molecule has 0 spiro atoms. The molecule has 1 atom stereocenters. The fourth-order valence-electron chi connectivity index (χ4n) is 2.09. The average molecular weight is 258 g/mol. The molecule has 1 aromatic heterocycles. The molecule has 1 N–H and O–H groups in total. The number of hydrogen-bond donors (Lipinski definition) is 1. The molecule has 2 aromatic rings. The first-order valence-electron chi connectivity index (χ1n) is 6.18. The van der Waals surface area contributed by atoms with Gasteiger partial charge in [0, 0.05) is 25.9 Å². The number of aryl methyl sites for hydroxylation is 1. The molecule has 1 aromatic carbocycles. The van der Waals surface area contributed by atoms with Crippen LogP contribution in [0.5, 0.6) is 5.75 Å². The second kappa shape index (κ2) is 5.18.